The molecule has 3 heteroatoms. The average Bonchev–Trinajstić information content (AvgIpc) is 2.87. The largest absolute Gasteiger partial charge is 0.358 e. The number of aromatic nitrogens is 1. The summed E-state index contributed by atoms with van der Waals surface area (Å²) in [6, 6.07) is 3.65. The van der Waals surface area contributed by atoms with Crippen LogP contribution in [-0.4, -0.2) is 11.5 Å². The lowest BCUT2D eigenvalue weighted by Crippen LogP contribution is -2.19. The molecule has 2 nitrogen and oxygen atoms in total. The smallest absolute Gasteiger partial charge is 0.124 e. The predicted molar refractivity (Wildman–Crippen MR) is 72.3 cm³/mol. The molecule has 1 aromatic heterocycles. The van der Waals surface area contributed by atoms with Crippen molar-refractivity contribution in [2.75, 3.05) is 6.54 Å². The van der Waals surface area contributed by atoms with Gasteiger partial charge in [-0.3, -0.25) is 0 Å². The van der Waals surface area contributed by atoms with Crippen LogP contribution in [0.1, 0.15) is 42.6 Å². The molecule has 0 saturated carbocycles. The molecule has 0 spiro atoms. The molecule has 0 fully saturated rings. The lowest BCUT2D eigenvalue weighted by molar-refractivity contribution is 0.531. The Hall–Kier alpha value is -1.35. The lowest BCUT2D eigenvalue weighted by atomic mass is 10.0. The Labute approximate surface area is 107 Å². The van der Waals surface area contributed by atoms with Crippen LogP contribution in [0.3, 0.4) is 0 Å². The minimum Gasteiger partial charge on any atom is -0.358 e. The highest BCUT2D eigenvalue weighted by Gasteiger charge is 2.26. The Morgan fingerprint density at radius 3 is 3.06 bits per heavy atom. The molecule has 1 unspecified atom stereocenters. The first-order valence-electron chi connectivity index (χ1n) is 6.74. The van der Waals surface area contributed by atoms with Gasteiger partial charge in [-0.15, -0.1) is 0 Å². The third kappa shape index (κ3) is 1.74. The van der Waals surface area contributed by atoms with Gasteiger partial charge in [0.1, 0.15) is 5.82 Å². The van der Waals surface area contributed by atoms with E-state index in [1.807, 2.05) is 6.92 Å². The molecule has 0 radical (unpaired) electrons. The molecule has 1 heterocycles. The van der Waals surface area contributed by atoms with Gasteiger partial charge in [0.2, 0.25) is 0 Å². The van der Waals surface area contributed by atoms with Crippen molar-refractivity contribution in [1.29, 1.82) is 0 Å². The van der Waals surface area contributed by atoms with Gasteiger partial charge in [0.15, 0.2) is 0 Å². The molecule has 3 rings (SSSR count). The van der Waals surface area contributed by atoms with E-state index in [1.165, 1.54) is 11.3 Å². The topological polar surface area (TPSA) is 27.8 Å². The van der Waals surface area contributed by atoms with Crippen molar-refractivity contribution in [3.8, 4) is 0 Å². The van der Waals surface area contributed by atoms with Crippen molar-refractivity contribution in [2.45, 2.75) is 39.2 Å². The summed E-state index contributed by atoms with van der Waals surface area (Å²) in [5, 5.41) is 4.63. The van der Waals surface area contributed by atoms with Crippen molar-refractivity contribution >= 4 is 10.9 Å². The van der Waals surface area contributed by atoms with E-state index in [1.54, 1.807) is 12.1 Å². The van der Waals surface area contributed by atoms with Gasteiger partial charge in [-0.2, -0.15) is 0 Å². The highest BCUT2D eigenvalue weighted by atomic mass is 19.1. The van der Waals surface area contributed by atoms with Crippen LogP contribution in [0, 0.1) is 12.7 Å². The summed E-state index contributed by atoms with van der Waals surface area (Å²) in [5.74, 6) is -0.136. The second-order valence-electron chi connectivity index (χ2n) is 5.21. The second-order valence-corrected chi connectivity index (χ2v) is 5.21. The maximum atomic E-state index is 13.6. The highest BCUT2D eigenvalue weighted by Crippen LogP contribution is 2.38. The molecule has 0 amide bonds. The third-order valence-electron chi connectivity index (χ3n) is 3.86. The Balaban J connectivity index is 2.10. The molecule has 0 aliphatic heterocycles. The molecule has 1 aliphatic carbocycles. The van der Waals surface area contributed by atoms with Crippen LogP contribution in [0.2, 0.25) is 0 Å². The van der Waals surface area contributed by atoms with E-state index in [2.05, 4.69) is 17.2 Å². The zero-order valence-corrected chi connectivity index (χ0v) is 10.9. The van der Waals surface area contributed by atoms with E-state index in [0.717, 1.165) is 42.3 Å². The molecule has 2 N–H and O–H groups in total. The van der Waals surface area contributed by atoms with E-state index in [9.17, 15) is 4.39 Å². The summed E-state index contributed by atoms with van der Waals surface area (Å²) >= 11 is 0. The number of fused-ring (bicyclic) bond motifs is 3. The summed E-state index contributed by atoms with van der Waals surface area (Å²) in [5.41, 5.74) is 4.67. The van der Waals surface area contributed by atoms with E-state index in [-0.39, 0.29) is 5.82 Å². The lowest BCUT2D eigenvalue weighted by Gasteiger charge is -2.13. The highest BCUT2D eigenvalue weighted by molar-refractivity contribution is 5.88. The summed E-state index contributed by atoms with van der Waals surface area (Å²) in [6.45, 7) is 5.15. The first-order valence-corrected chi connectivity index (χ1v) is 6.74. The van der Waals surface area contributed by atoms with Crippen molar-refractivity contribution < 1.29 is 4.39 Å². The number of hydrogen-bond acceptors (Lipinski definition) is 1. The number of aromatic amines is 1. The zero-order chi connectivity index (χ0) is 12.7. The minimum absolute atomic E-state index is 0.136. The standard InChI is InChI=1S/C15H19FN2/c1-3-6-17-12-4-5-13-14(12)11-8-10(16)7-9(2)15(11)18-13/h7-8,12,17-18H,3-6H2,1-2H3. The molecule has 0 bridgehead atoms. The summed E-state index contributed by atoms with van der Waals surface area (Å²) in [4.78, 5) is 3.47. The Morgan fingerprint density at radius 1 is 1.44 bits per heavy atom. The Morgan fingerprint density at radius 2 is 2.28 bits per heavy atom. The fourth-order valence-corrected chi connectivity index (χ4v) is 3.05. The van der Waals surface area contributed by atoms with Crippen LogP contribution in [-0.2, 0) is 6.42 Å². The number of aryl methyl sites for hydroxylation is 2. The molecular weight excluding hydrogens is 227 g/mol. The number of nitrogens with one attached hydrogen (secondary N) is 2. The van der Waals surface area contributed by atoms with Gasteiger partial charge in [0.25, 0.3) is 0 Å². The third-order valence-corrected chi connectivity index (χ3v) is 3.86. The van der Waals surface area contributed by atoms with Gasteiger partial charge in [0.05, 0.1) is 0 Å². The van der Waals surface area contributed by atoms with E-state index in [0.29, 0.717) is 6.04 Å². The number of benzene rings is 1. The first-order chi connectivity index (χ1) is 8.70. The molecule has 1 atom stereocenters. The van der Waals surface area contributed by atoms with Gasteiger partial charge >= 0.3 is 0 Å². The molecule has 96 valence electrons. The number of rotatable bonds is 3. The quantitative estimate of drug-likeness (QED) is 0.850. The number of H-pyrrole nitrogens is 1. The Bertz CT molecular complexity index is 586. The molecule has 18 heavy (non-hydrogen) atoms. The van der Waals surface area contributed by atoms with Crippen molar-refractivity contribution in [3.05, 3.63) is 34.8 Å². The fourth-order valence-electron chi connectivity index (χ4n) is 3.05. The van der Waals surface area contributed by atoms with Crippen molar-refractivity contribution in [1.82, 2.24) is 10.3 Å². The van der Waals surface area contributed by atoms with Gasteiger partial charge in [-0.25, -0.2) is 4.39 Å². The monoisotopic (exact) mass is 246 g/mol. The molecule has 0 saturated heterocycles. The molecule has 2 aromatic rings. The predicted octanol–water partition coefficient (Wildman–Crippen LogP) is 3.60. The Kier molecular flexibility index (Phi) is 2.86. The van der Waals surface area contributed by atoms with Crippen LogP contribution in [0.5, 0.6) is 0 Å². The van der Waals surface area contributed by atoms with E-state index < -0.39 is 0 Å². The van der Waals surface area contributed by atoms with Gasteiger partial charge in [0, 0.05) is 22.6 Å². The molecule has 1 aromatic carbocycles. The number of hydrogen-bond donors (Lipinski definition) is 2. The molecule has 1 aliphatic rings. The fraction of sp³-hybridized carbons (Fsp3) is 0.467. The van der Waals surface area contributed by atoms with Crippen LogP contribution in [0.25, 0.3) is 10.9 Å². The van der Waals surface area contributed by atoms with Gasteiger partial charge in [-0.05, 0) is 56.0 Å². The summed E-state index contributed by atoms with van der Waals surface area (Å²) in [6.07, 6.45) is 3.31. The molecular formula is C15H19FN2. The van der Waals surface area contributed by atoms with E-state index >= 15 is 0 Å². The van der Waals surface area contributed by atoms with Crippen molar-refractivity contribution in [3.63, 3.8) is 0 Å². The average molecular weight is 246 g/mol. The maximum Gasteiger partial charge on any atom is 0.124 e. The van der Waals surface area contributed by atoms with Crippen LogP contribution >= 0.6 is 0 Å². The number of halogens is 1. The first kappa shape index (κ1) is 11.7. The van der Waals surface area contributed by atoms with Crippen LogP contribution < -0.4 is 5.32 Å². The van der Waals surface area contributed by atoms with Crippen molar-refractivity contribution in [2.24, 2.45) is 0 Å². The van der Waals surface area contributed by atoms with Crippen LogP contribution in [0.15, 0.2) is 12.1 Å². The zero-order valence-electron chi connectivity index (χ0n) is 10.9. The van der Waals surface area contributed by atoms with Crippen LogP contribution in [0.4, 0.5) is 4.39 Å². The summed E-state index contributed by atoms with van der Waals surface area (Å²) in [7, 11) is 0. The summed E-state index contributed by atoms with van der Waals surface area (Å²) < 4.78 is 13.6. The maximum absolute atomic E-state index is 13.6. The van der Waals surface area contributed by atoms with Gasteiger partial charge < -0.3 is 10.3 Å². The minimum atomic E-state index is -0.136. The van der Waals surface area contributed by atoms with E-state index in [4.69, 9.17) is 0 Å². The second kappa shape index (κ2) is 4.39. The van der Waals surface area contributed by atoms with Gasteiger partial charge in [-0.1, -0.05) is 6.92 Å². The normalized spacial score (nSPS) is 18.5. The SMILES string of the molecule is CCCNC1CCc2[nH]c3c(C)cc(F)cc3c21.